The fourth-order valence-corrected chi connectivity index (χ4v) is 3.61. The van der Waals surface area contributed by atoms with Crippen LogP contribution in [0.1, 0.15) is 56.2 Å². The monoisotopic (exact) mass is 328 g/mol. The predicted molar refractivity (Wildman–Crippen MR) is 110 cm³/mol. The molecule has 0 fully saturated rings. The molecule has 0 aliphatic rings. The van der Waals surface area contributed by atoms with Gasteiger partial charge in [-0.3, -0.25) is 0 Å². The van der Waals surface area contributed by atoms with Gasteiger partial charge in [-0.15, -0.1) is 0 Å². The molecular formula is C25H28. The van der Waals surface area contributed by atoms with Crippen LogP contribution in [0, 0.1) is 6.92 Å². The molecule has 3 aromatic carbocycles. The van der Waals surface area contributed by atoms with Gasteiger partial charge in [0.05, 0.1) is 0 Å². The van der Waals surface area contributed by atoms with E-state index in [0.717, 1.165) is 0 Å². The maximum absolute atomic E-state index is 2.38. The molecule has 0 saturated carbocycles. The Hall–Kier alpha value is -2.34. The van der Waals surface area contributed by atoms with Crippen LogP contribution in [0.3, 0.4) is 0 Å². The van der Waals surface area contributed by atoms with Gasteiger partial charge < -0.3 is 0 Å². The Balaban J connectivity index is 2.04. The second-order valence-electron chi connectivity index (χ2n) is 7.53. The van der Waals surface area contributed by atoms with Gasteiger partial charge in [0, 0.05) is 0 Å². The van der Waals surface area contributed by atoms with Crippen molar-refractivity contribution in [1.29, 1.82) is 0 Å². The molecule has 0 aliphatic carbocycles. The van der Waals surface area contributed by atoms with Gasteiger partial charge in [-0.1, -0.05) is 94.4 Å². The molecule has 128 valence electrons. The molecule has 0 saturated heterocycles. The highest BCUT2D eigenvalue weighted by Crippen LogP contribution is 2.33. The Kier molecular flexibility index (Phi) is 5.08. The summed E-state index contributed by atoms with van der Waals surface area (Å²) in [7, 11) is 0. The maximum atomic E-state index is 2.38. The number of hydrogen-bond acceptors (Lipinski definition) is 0. The Morgan fingerprint density at radius 3 is 1.36 bits per heavy atom. The van der Waals surface area contributed by atoms with E-state index in [-0.39, 0.29) is 0 Å². The van der Waals surface area contributed by atoms with Gasteiger partial charge in [-0.2, -0.15) is 0 Å². The Morgan fingerprint density at radius 2 is 0.920 bits per heavy atom. The molecule has 0 nitrogen and oxygen atoms in total. The predicted octanol–water partition coefficient (Wildman–Crippen LogP) is 7.58. The largest absolute Gasteiger partial charge is 0.0622 e. The van der Waals surface area contributed by atoms with Crippen molar-refractivity contribution < 1.29 is 0 Å². The molecular weight excluding hydrogens is 300 g/mol. The van der Waals surface area contributed by atoms with Crippen molar-refractivity contribution in [2.75, 3.05) is 0 Å². The van der Waals surface area contributed by atoms with E-state index >= 15 is 0 Å². The topological polar surface area (TPSA) is 0 Å². The first-order chi connectivity index (χ1) is 12.0. The summed E-state index contributed by atoms with van der Waals surface area (Å²) in [6.07, 6.45) is 0. The lowest BCUT2D eigenvalue weighted by Crippen LogP contribution is -2.00. The van der Waals surface area contributed by atoms with Gasteiger partial charge in [-0.05, 0) is 57.7 Å². The third kappa shape index (κ3) is 3.69. The van der Waals surface area contributed by atoms with Gasteiger partial charge in [0.25, 0.3) is 0 Å². The van der Waals surface area contributed by atoms with Crippen LogP contribution in [0.4, 0.5) is 0 Å². The summed E-state index contributed by atoms with van der Waals surface area (Å²) < 4.78 is 0. The summed E-state index contributed by atoms with van der Waals surface area (Å²) in [5.41, 5.74) is 9.55. The van der Waals surface area contributed by atoms with Gasteiger partial charge >= 0.3 is 0 Å². The molecule has 0 aliphatic heterocycles. The average Bonchev–Trinajstić information content (AvgIpc) is 2.62. The highest BCUT2D eigenvalue weighted by Gasteiger charge is 2.13. The fraction of sp³-hybridized carbons (Fsp3) is 0.280. The highest BCUT2D eigenvalue weighted by atomic mass is 14.2. The molecule has 25 heavy (non-hydrogen) atoms. The summed E-state index contributed by atoms with van der Waals surface area (Å²) >= 11 is 0. The summed E-state index contributed by atoms with van der Waals surface area (Å²) in [5, 5.41) is 0. The van der Waals surface area contributed by atoms with E-state index in [1.807, 2.05) is 0 Å². The zero-order valence-corrected chi connectivity index (χ0v) is 16.0. The van der Waals surface area contributed by atoms with E-state index in [1.54, 1.807) is 0 Å². The molecule has 0 radical (unpaired) electrons. The zero-order valence-electron chi connectivity index (χ0n) is 16.0. The van der Waals surface area contributed by atoms with E-state index < -0.39 is 0 Å². The quantitative estimate of drug-likeness (QED) is 0.463. The second kappa shape index (κ2) is 7.27. The Bertz CT molecular complexity index is 808. The first kappa shape index (κ1) is 17.5. The minimum atomic E-state index is 0.543. The third-order valence-electron chi connectivity index (χ3n) is 5.06. The maximum Gasteiger partial charge on any atom is -0.0178 e. The molecule has 0 heterocycles. The van der Waals surface area contributed by atoms with Crippen LogP contribution < -0.4 is 0 Å². The number of benzene rings is 3. The van der Waals surface area contributed by atoms with Crippen molar-refractivity contribution in [3.05, 3.63) is 83.4 Å². The lowest BCUT2D eigenvalue weighted by molar-refractivity contribution is 0.818. The van der Waals surface area contributed by atoms with Crippen molar-refractivity contribution in [1.82, 2.24) is 0 Å². The third-order valence-corrected chi connectivity index (χ3v) is 5.06. The summed E-state index contributed by atoms with van der Waals surface area (Å²) in [4.78, 5) is 0. The Labute approximate surface area is 152 Å². The Morgan fingerprint density at radius 1 is 0.520 bits per heavy atom. The molecule has 3 aromatic rings. The lowest BCUT2D eigenvalue weighted by Gasteiger charge is -2.19. The molecule has 0 heteroatoms. The van der Waals surface area contributed by atoms with Gasteiger partial charge in [-0.25, -0.2) is 0 Å². The van der Waals surface area contributed by atoms with Crippen LogP contribution in [-0.2, 0) is 0 Å². The first-order valence-corrected chi connectivity index (χ1v) is 9.27. The highest BCUT2D eigenvalue weighted by molar-refractivity contribution is 5.72. The summed E-state index contributed by atoms with van der Waals surface area (Å²) in [6, 6.07) is 24.3. The van der Waals surface area contributed by atoms with Crippen LogP contribution in [-0.4, -0.2) is 0 Å². The van der Waals surface area contributed by atoms with Crippen LogP contribution >= 0.6 is 0 Å². The van der Waals surface area contributed by atoms with Crippen molar-refractivity contribution in [2.24, 2.45) is 0 Å². The smallest absolute Gasteiger partial charge is 0.0178 e. The van der Waals surface area contributed by atoms with Crippen LogP contribution in [0.5, 0.6) is 0 Å². The molecule has 0 atom stereocenters. The van der Waals surface area contributed by atoms with Gasteiger partial charge in [0.1, 0.15) is 0 Å². The van der Waals surface area contributed by atoms with E-state index in [9.17, 15) is 0 Å². The second-order valence-corrected chi connectivity index (χ2v) is 7.53. The van der Waals surface area contributed by atoms with Crippen molar-refractivity contribution >= 4 is 0 Å². The first-order valence-electron chi connectivity index (χ1n) is 9.27. The summed E-state index contributed by atoms with van der Waals surface area (Å²) in [5.74, 6) is 1.09. The molecule has 0 amide bonds. The van der Waals surface area contributed by atoms with Crippen molar-refractivity contribution in [3.8, 4) is 22.3 Å². The number of hydrogen-bond donors (Lipinski definition) is 0. The van der Waals surface area contributed by atoms with Gasteiger partial charge in [0.15, 0.2) is 0 Å². The minimum absolute atomic E-state index is 0.543. The van der Waals surface area contributed by atoms with E-state index in [4.69, 9.17) is 0 Å². The molecule has 0 N–H and O–H groups in total. The van der Waals surface area contributed by atoms with E-state index in [2.05, 4.69) is 101 Å². The molecule has 0 bridgehead atoms. The van der Waals surface area contributed by atoms with Crippen molar-refractivity contribution in [3.63, 3.8) is 0 Å². The minimum Gasteiger partial charge on any atom is -0.0622 e. The van der Waals surface area contributed by atoms with Crippen LogP contribution in [0.2, 0.25) is 0 Å². The molecule has 0 spiro atoms. The van der Waals surface area contributed by atoms with E-state index in [0.29, 0.717) is 11.8 Å². The fourth-order valence-electron chi connectivity index (χ4n) is 3.61. The standard InChI is InChI=1S/C25H28/c1-17(2)24-15-23(16-25(18(3)4)19(24)5)22-13-11-21(12-14-22)20-9-7-6-8-10-20/h6-18H,1-5H3. The SMILES string of the molecule is Cc1c(C(C)C)cc(-c2ccc(-c3ccccc3)cc2)cc1C(C)C. The van der Waals surface area contributed by atoms with Crippen LogP contribution in [0.15, 0.2) is 66.7 Å². The molecule has 3 rings (SSSR count). The van der Waals surface area contributed by atoms with Crippen molar-refractivity contribution in [2.45, 2.75) is 46.5 Å². The van der Waals surface area contributed by atoms with Crippen LogP contribution in [0.25, 0.3) is 22.3 Å². The zero-order chi connectivity index (χ0) is 18.0. The normalized spacial score (nSPS) is 11.3. The molecule has 0 aromatic heterocycles. The number of rotatable bonds is 4. The lowest BCUT2D eigenvalue weighted by atomic mass is 9.86. The summed E-state index contributed by atoms with van der Waals surface area (Å²) in [6.45, 7) is 11.4. The van der Waals surface area contributed by atoms with E-state index in [1.165, 1.54) is 38.9 Å². The average molecular weight is 328 g/mol. The van der Waals surface area contributed by atoms with Gasteiger partial charge in [0.2, 0.25) is 0 Å². The molecule has 0 unspecified atom stereocenters.